The number of carbonyl (C=O) groups excluding carboxylic acids is 2. The zero-order valence-electron chi connectivity index (χ0n) is 13.6. The summed E-state index contributed by atoms with van der Waals surface area (Å²) in [6, 6.07) is 14.1. The number of halogens is 1. The second-order valence-corrected chi connectivity index (χ2v) is 6.25. The highest BCUT2D eigenvalue weighted by Gasteiger charge is 2.11. The fourth-order valence-electron chi connectivity index (χ4n) is 2.21. The summed E-state index contributed by atoms with van der Waals surface area (Å²) in [5, 5.41) is 6.70. The third-order valence-corrected chi connectivity index (χ3v) is 4.17. The van der Waals surface area contributed by atoms with Crippen molar-refractivity contribution in [1.82, 2.24) is 14.8 Å². The van der Waals surface area contributed by atoms with Crippen LogP contribution in [-0.2, 0) is 16.1 Å². The highest BCUT2D eigenvalue weighted by molar-refractivity contribution is 9.10. The smallest absolute Gasteiger partial charge is 0.338 e. The normalized spacial score (nSPS) is 10.3. The molecule has 1 heterocycles. The van der Waals surface area contributed by atoms with Gasteiger partial charge in [0.15, 0.2) is 6.61 Å². The summed E-state index contributed by atoms with van der Waals surface area (Å²) in [6.45, 7) is 0.199. The summed E-state index contributed by atoms with van der Waals surface area (Å²) in [6.07, 6.45) is 3.08. The molecule has 3 aromatic rings. The number of para-hydroxylation sites is 1. The minimum Gasteiger partial charge on any atom is -0.452 e. The van der Waals surface area contributed by atoms with Crippen molar-refractivity contribution in [3.05, 3.63) is 76.8 Å². The second-order valence-electron chi connectivity index (χ2n) is 5.39. The number of hydrogen-bond donors (Lipinski definition) is 1. The van der Waals surface area contributed by atoms with Crippen LogP contribution in [0.1, 0.15) is 15.9 Å². The highest BCUT2D eigenvalue weighted by Crippen LogP contribution is 2.20. The molecule has 132 valence electrons. The van der Waals surface area contributed by atoms with Gasteiger partial charge in [-0.2, -0.15) is 5.10 Å². The van der Waals surface area contributed by atoms with Crippen molar-refractivity contribution in [3.63, 3.8) is 0 Å². The van der Waals surface area contributed by atoms with Crippen molar-refractivity contribution < 1.29 is 14.3 Å². The van der Waals surface area contributed by atoms with E-state index in [1.807, 2.05) is 12.1 Å². The SMILES string of the molecule is O=C(COC(=O)c1ccc(Cn2cncn2)cc1)Nc1ccccc1Br. The maximum absolute atomic E-state index is 12.1. The fraction of sp³-hybridized carbons (Fsp3) is 0.111. The Balaban J connectivity index is 1.51. The molecular weight excluding hydrogens is 400 g/mol. The first kappa shape index (κ1) is 17.8. The predicted octanol–water partition coefficient (Wildman–Crippen LogP) is 2.88. The van der Waals surface area contributed by atoms with Gasteiger partial charge >= 0.3 is 5.97 Å². The molecule has 26 heavy (non-hydrogen) atoms. The average Bonchev–Trinajstić information content (AvgIpc) is 3.15. The summed E-state index contributed by atoms with van der Waals surface area (Å²) in [5.41, 5.74) is 1.96. The molecule has 0 spiro atoms. The minimum atomic E-state index is -0.556. The summed E-state index contributed by atoms with van der Waals surface area (Å²) in [7, 11) is 0. The van der Waals surface area contributed by atoms with E-state index in [9.17, 15) is 9.59 Å². The first-order chi connectivity index (χ1) is 12.6. The first-order valence-corrected chi connectivity index (χ1v) is 8.54. The van der Waals surface area contributed by atoms with Gasteiger partial charge in [0.25, 0.3) is 5.91 Å². The van der Waals surface area contributed by atoms with Crippen molar-refractivity contribution in [2.24, 2.45) is 0 Å². The van der Waals surface area contributed by atoms with E-state index in [1.54, 1.807) is 47.4 Å². The Bertz CT molecular complexity index is 895. The molecule has 8 heteroatoms. The molecule has 0 fully saturated rings. The van der Waals surface area contributed by atoms with Crippen LogP contribution in [-0.4, -0.2) is 33.2 Å². The number of hydrogen-bond acceptors (Lipinski definition) is 5. The molecule has 0 saturated carbocycles. The zero-order valence-corrected chi connectivity index (χ0v) is 15.2. The number of anilines is 1. The summed E-state index contributed by atoms with van der Waals surface area (Å²) in [4.78, 5) is 27.8. The molecule has 0 aliphatic rings. The fourth-order valence-corrected chi connectivity index (χ4v) is 2.59. The number of carbonyl (C=O) groups is 2. The van der Waals surface area contributed by atoms with Crippen LogP contribution in [0.5, 0.6) is 0 Å². The molecule has 1 aromatic heterocycles. The standard InChI is InChI=1S/C18H15BrN4O3/c19-15-3-1-2-4-16(15)22-17(24)10-26-18(25)14-7-5-13(6-8-14)9-23-12-20-11-21-23/h1-8,11-12H,9-10H2,(H,22,24). The van der Waals surface area contributed by atoms with E-state index in [1.165, 1.54) is 6.33 Å². The Labute approximate surface area is 158 Å². The Morgan fingerprint density at radius 1 is 1.12 bits per heavy atom. The number of nitrogens with zero attached hydrogens (tertiary/aromatic N) is 3. The van der Waals surface area contributed by atoms with Gasteiger partial charge in [-0.25, -0.2) is 14.5 Å². The Morgan fingerprint density at radius 2 is 1.88 bits per heavy atom. The van der Waals surface area contributed by atoms with E-state index in [0.717, 1.165) is 10.0 Å². The number of nitrogens with one attached hydrogen (secondary N) is 1. The van der Waals surface area contributed by atoms with E-state index in [2.05, 4.69) is 31.3 Å². The van der Waals surface area contributed by atoms with Crippen LogP contribution >= 0.6 is 15.9 Å². The van der Waals surface area contributed by atoms with Crippen LogP contribution in [0.2, 0.25) is 0 Å². The molecule has 0 radical (unpaired) electrons. The van der Waals surface area contributed by atoms with E-state index in [-0.39, 0.29) is 6.61 Å². The Morgan fingerprint density at radius 3 is 2.58 bits per heavy atom. The predicted molar refractivity (Wildman–Crippen MR) is 98.6 cm³/mol. The van der Waals surface area contributed by atoms with Gasteiger partial charge in [-0.15, -0.1) is 0 Å². The van der Waals surface area contributed by atoms with Crippen LogP contribution in [0.25, 0.3) is 0 Å². The zero-order chi connectivity index (χ0) is 18.4. The van der Waals surface area contributed by atoms with Crippen molar-refractivity contribution in [2.45, 2.75) is 6.54 Å². The molecule has 1 N–H and O–H groups in total. The van der Waals surface area contributed by atoms with Gasteiger partial charge in [-0.3, -0.25) is 4.79 Å². The van der Waals surface area contributed by atoms with E-state index < -0.39 is 11.9 Å². The van der Waals surface area contributed by atoms with Gasteiger partial charge in [0.1, 0.15) is 12.7 Å². The molecular formula is C18H15BrN4O3. The van der Waals surface area contributed by atoms with Gasteiger partial charge in [0.05, 0.1) is 17.8 Å². The highest BCUT2D eigenvalue weighted by atomic mass is 79.9. The first-order valence-electron chi connectivity index (χ1n) is 7.74. The van der Waals surface area contributed by atoms with Crippen molar-refractivity contribution in [1.29, 1.82) is 0 Å². The van der Waals surface area contributed by atoms with Gasteiger partial charge in [-0.1, -0.05) is 24.3 Å². The lowest BCUT2D eigenvalue weighted by Gasteiger charge is -2.08. The van der Waals surface area contributed by atoms with Gasteiger partial charge < -0.3 is 10.1 Å². The number of amides is 1. The summed E-state index contributed by atoms with van der Waals surface area (Å²) >= 11 is 3.34. The van der Waals surface area contributed by atoms with Crippen LogP contribution in [0, 0.1) is 0 Å². The Kier molecular flexibility index (Phi) is 5.75. The summed E-state index contributed by atoms with van der Waals surface area (Å²) < 4.78 is 7.49. The summed E-state index contributed by atoms with van der Waals surface area (Å²) in [5.74, 6) is -0.965. The van der Waals surface area contributed by atoms with Crippen molar-refractivity contribution in [2.75, 3.05) is 11.9 Å². The molecule has 0 atom stereocenters. The average molecular weight is 415 g/mol. The number of ether oxygens (including phenoxy) is 1. The van der Waals surface area contributed by atoms with Crippen LogP contribution in [0.3, 0.4) is 0 Å². The lowest BCUT2D eigenvalue weighted by Crippen LogP contribution is -2.21. The topological polar surface area (TPSA) is 86.1 Å². The number of esters is 1. The minimum absolute atomic E-state index is 0.360. The third kappa shape index (κ3) is 4.76. The number of rotatable bonds is 6. The monoisotopic (exact) mass is 414 g/mol. The maximum atomic E-state index is 12.1. The van der Waals surface area contributed by atoms with Gasteiger partial charge in [-0.05, 0) is 45.8 Å². The van der Waals surface area contributed by atoms with Crippen molar-refractivity contribution >= 4 is 33.5 Å². The van der Waals surface area contributed by atoms with Crippen LogP contribution < -0.4 is 5.32 Å². The molecule has 3 rings (SSSR count). The largest absolute Gasteiger partial charge is 0.452 e. The van der Waals surface area contributed by atoms with Crippen molar-refractivity contribution in [3.8, 4) is 0 Å². The van der Waals surface area contributed by atoms with Crippen LogP contribution in [0.15, 0.2) is 65.7 Å². The maximum Gasteiger partial charge on any atom is 0.338 e. The molecule has 0 aliphatic heterocycles. The van der Waals surface area contributed by atoms with Gasteiger partial charge in [0, 0.05) is 4.47 Å². The van der Waals surface area contributed by atoms with Gasteiger partial charge in [0.2, 0.25) is 0 Å². The lowest BCUT2D eigenvalue weighted by atomic mass is 10.1. The molecule has 0 bridgehead atoms. The third-order valence-electron chi connectivity index (χ3n) is 3.48. The Hall–Kier alpha value is -3.00. The molecule has 1 amide bonds. The molecule has 0 aliphatic carbocycles. The number of benzene rings is 2. The molecule has 0 unspecified atom stereocenters. The van der Waals surface area contributed by atoms with Crippen LogP contribution in [0.4, 0.5) is 5.69 Å². The number of aromatic nitrogens is 3. The molecule has 0 saturated heterocycles. The van der Waals surface area contributed by atoms with E-state index >= 15 is 0 Å². The quantitative estimate of drug-likeness (QED) is 0.626. The molecule has 2 aromatic carbocycles. The van der Waals surface area contributed by atoms with E-state index in [0.29, 0.717) is 17.8 Å². The van der Waals surface area contributed by atoms with E-state index in [4.69, 9.17) is 4.74 Å². The molecule has 7 nitrogen and oxygen atoms in total. The lowest BCUT2D eigenvalue weighted by molar-refractivity contribution is -0.119. The second kappa shape index (κ2) is 8.39.